The van der Waals surface area contributed by atoms with Gasteiger partial charge in [0.25, 0.3) is 0 Å². The number of carbonyl (C=O) groups is 2. The molecule has 9 atom stereocenters. The summed E-state index contributed by atoms with van der Waals surface area (Å²) in [6, 6.07) is 26.2. The fourth-order valence-electron chi connectivity index (χ4n) is 10.7. The molecule has 5 heterocycles. The highest BCUT2D eigenvalue weighted by molar-refractivity contribution is 5.93. The van der Waals surface area contributed by atoms with Crippen LogP contribution in [0.3, 0.4) is 0 Å². The lowest BCUT2D eigenvalue weighted by molar-refractivity contribution is 0.0157. The van der Waals surface area contributed by atoms with Crippen molar-refractivity contribution in [1.29, 1.82) is 0 Å². The van der Waals surface area contributed by atoms with Gasteiger partial charge in [0.15, 0.2) is 0 Å². The van der Waals surface area contributed by atoms with Gasteiger partial charge >= 0.3 is 12.2 Å². The van der Waals surface area contributed by atoms with Gasteiger partial charge in [-0.15, -0.1) is 0 Å². The van der Waals surface area contributed by atoms with E-state index < -0.39 is 11.2 Å². The van der Waals surface area contributed by atoms with E-state index in [-0.39, 0.29) is 41.8 Å². The summed E-state index contributed by atoms with van der Waals surface area (Å²) in [5, 5.41) is 2.32. The van der Waals surface area contributed by atoms with Gasteiger partial charge in [0.2, 0.25) is 0 Å². The van der Waals surface area contributed by atoms with E-state index in [1.807, 2.05) is 51.3 Å². The molecule has 10 nitrogen and oxygen atoms in total. The molecule has 6 aliphatic rings. The van der Waals surface area contributed by atoms with Crippen LogP contribution in [-0.4, -0.2) is 65.2 Å². The van der Waals surface area contributed by atoms with Crippen molar-refractivity contribution in [3.63, 3.8) is 0 Å². The van der Waals surface area contributed by atoms with Crippen molar-refractivity contribution in [2.45, 2.75) is 97.2 Å². The van der Waals surface area contributed by atoms with Gasteiger partial charge in [0, 0.05) is 12.1 Å². The van der Waals surface area contributed by atoms with E-state index in [4.69, 9.17) is 19.4 Å². The second kappa shape index (κ2) is 10.9. The summed E-state index contributed by atoms with van der Waals surface area (Å²) in [5.74, 6) is 3.65. The normalized spacial score (nSPS) is 29.9. The molecule has 2 aromatic heterocycles. The lowest BCUT2D eigenvalue weighted by Crippen LogP contribution is -2.39. The number of hydrogen-bond donors (Lipinski definition) is 2. The Labute approximate surface area is 326 Å². The number of aromatic nitrogens is 4. The van der Waals surface area contributed by atoms with Crippen molar-refractivity contribution < 1.29 is 19.1 Å². The predicted octanol–water partition coefficient (Wildman–Crippen LogP) is 10.2. The predicted molar refractivity (Wildman–Crippen MR) is 216 cm³/mol. The largest absolute Gasteiger partial charge is 0.444 e. The zero-order valence-corrected chi connectivity index (χ0v) is 33.2. The third kappa shape index (κ3) is 4.99. The fraction of sp³-hybridized carbons (Fsp3) is 0.435. The van der Waals surface area contributed by atoms with Crippen molar-refractivity contribution >= 4 is 45.0 Å². The number of ether oxygens (including phenoxy) is 2. The molecule has 6 aromatic rings. The van der Waals surface area contributed by atoms with Gasteiger partial charge < -0.3 is 19.4 Å². The molecular weight excluding hydrogens is 701 g/mol. The third-order valence-electron chi connectivity index (χ3n) is 13.5. The Balaban J connectivity index is 0.840. The highest BCUT2D eigenvalue weighted by atomic mass is 16.6. The maximum atomic E-state index is 13.3. The average molecular weight is 749 g/mol. The molecule has 3 aliphatic carbocycles. The Bertz CT molecular complexity index is 2670. The van der Waals surface area contributed by atoms with Crippen molar-refractivity contribution in [2.75, 3.05) is 0 Å². The quantitative estimate of drug-likeness (QED) is 0.185. The molecule has 56 heavy (non-hydrogen) atoms. The Morgan fingerprint density at radius 2 is 1.18 bits per heavy atom. The number of nitrogens with one attached hydrogen (secondary N) is 2. The standard InChI is InChI=1S/C46H48N6O4/c1-22-29-21-34(51(37(22)29)42(53)55-44(2,3)4)40-47-30-15-13-27(19-32(30)49-40)25-11-9-24-18-26(12-10-23(24)17-25)28-14-16-31-33(20-28)50-41(48-31)38-35-36-39(46(35,36)8)52(38)43(54)56-45(5,6)7/h9-20,22,29,34-39H,21H2,1-8H3,(H,47,49)(H,48,50)/t22-,29+,34+,35?,36-,37-,38+,39+,46-/m1/s1. The molecule has 3 saturated heterocycles. The van der Waals surface area contributed by atoms with Crippen LogP contribution in [0.4, 0.5) is 9.59 Å². The summed E-state index contributed by atoms with van der Waals surface area (Å²) in [6.45, 7) is 16.0. The van der Waals surface area contributed by atoms with Gasteiger partial charge in [-0.25, -0.2) is 19.6 Å². The highest BCUT2D eigenvalue weighted by Gasteiger charge is 2.94. The number of imidazole rings is 2. The number of fused-ring (bicyclic) bond motifs is 5. The van der Waals surface area contributed by atoms with Crippen LogP contribution in [0.15, 0.2) is 72.8 Å². The van der Waals surface area contributed by atoms with Gasteiger partial charge in [0.05, 0.1) is 34.2 Å². The fourth-order valence-corrected chi connectivity index (χ4v) is 10.7. The maximum Gasteiger partial charge on any atom is 0.411 e. The average Bonchev–Trinajstić information content (AvgIpc) is 3.73. The molecule has 2 bridgehead atoms. The van der Waals surface area contributed by atoms with E-state index >= 15 is 0 Å². The molecule has 3 saturated carbocycles. The van der Waals surface area contributed by atoms with Crippen LogP contribution >= 0.6 is 0 Å². The van der Waals surface area contributed by atoms with E-state index in [0.717, 1.165) is 73.2 Å². The van der Waals surface area contributed by atoms with Crippen LogP contribution < -0.4 is 0 Å². The van der Waals surface area contributed by atoms with Crippen molar-refractivity contribution in [1.82, 2.24) is 29.7 Å². The minimum absolute atomic E-state index is 0.0807. The Morgan fingerprint density at radius 3 is 1.73 bits per heavy atom. The first kappa shape index (κ1) is 33.9. The van der Waals surface area contributed by atoms with Crippen molar-refractivity contribution in [3.8, 4) is 22.3 Å². The number of nitrogens with zero attached hydrogens (tertiary/aromatic N) is 4. The van der Waals surface area contributed by atoms with Crippen LogP contribution in [0.25, 0.3) is 55.1 Å². The van der Waals surface area contributed by atoms with E-state index in [9.17, 15) is 9.59 Å². The number of benzene rings is 4. The Hall–Kier alpha value is -5.38. The second-order valence-corrected chi connectivity index (χ2v) is 19.3. The summed E-state index contributed by atoms with van der Waals surface area (Å²) in [4.78, 5) is 47.7. The number of carbonyl (C=O) groups excluding carboxylic acids is 2. The number of hydrogen-bond acceptors (Lipinski definition) is 6. The van der Waals surface area contributed by atoms with E-state index in [1.54, 1.807) is 0 Å². The smallest absolute Gasteiger partial charge is 0.411 e. The molecule has 2 N–H and O–H groups in total. The summed E-state index contributed by atoms with van der Waals surface area (Å²) >= 11 is 0. The van der Waals surface area contributed by atoms with Gasteiger partial charge in [0.1, 0.15) is 22.9 Å². The number of piperidine rings is 2. The molecule has 0 radical (unpaired) electrons. The third-order valence-corrected chi connectivity index (χ3v) is 13.5. The van der Waals surface area contributed by atoms with Crippen LogP contribution in [0, 0.1) is 29.1 Å². The first-order chi connectivity index (χ1) is 26.6. The topological polar surface area (TPSA) is 116 Å². The molecular formula is C46H48N6O4. The monoisotopic (exact) mass is 748 g/mol. The van der Waals surface area contributed by atoms with E-state index in [1.165, 1.54) is 0 Å². The molecule has 2 amide bonds. The first-order valence-electron chi connectivity index (χ1n) is 20.1. The highest BCUT2D eigenvalue weighted by Crippen LogP contribution is 2.90. The summed E-state index contributed by atoms with van der Waals surface area (Å²) in [6.07, 6.45) is 0.405. The SMILES string of the molecule is C[C@@H]1[C@@H]2C[C@@H](c3nc4ccc(-c5ccc6cc(-c7ccc8nc([C@@H]9C%10[C@@H]%11[C@H](N9C(=O)OC(C)(C)C)[C@]%10%11C)[nH]c8c7)ccc6c5)cc4[nH]3)N(C(=O)OC(C)(C)C)[C@H]12. The molecule has 10 heteroatoms. The van der Waals surface area contributed by atoms with Crippen LogP contribution in [-0.2, 0) is 9.47 Å². The Kier molecular flexibility index (Phi) is 6.62. The summed E-state index contributed by atoms with van der Waals surface area (Å²) < 4.78 is 11.7. The molecule has 6 fully saturated rings. The van der Waals surface area contributed by atoms with Crippen LogP contribution in [0.1, 0.15) is 85.5 Å². The van der Waals surface area contributed by atoms with E-state index in [0.29, 0.717) is 23.7 Å². The van der Waals surface area contributed by atoms with Crippen molar-refractivity contribution in [2.24, 2.45) is 29.1 Å². The molecule has 1 unspecified atom stereocenters. The molecule has 12 rings (SSSR count). The molecule has 286 valence electrons. The maximum absolute atomic E-state index is 13.3. The lowest BCUT2D eigenvalue weighted by Gasteiger charge is -2.30. The minimum Gasteiger partial charge on any atom is -0.444 e. The zero-order valence-electron chi connectivity index (χ0n) is 33.2. The number of H-pyrrole nitrogens is 2. The minimum atomic E-state index is -0.550. The number of rotatable bonds is 4. The second-order valence-electron chi connectivity index (χ2n) is 19.3. The van der Waals surface area contributed by atoms with Gasteiger partial charge in [-0.3, -0.25) is 9.80 Å². The van der Waals surface area contributed by atoms with Crippen LogP contribution in [0.5, 0.6) is 0 Å². The van der Waals surface area contributed by atoms with Crippen LogP contribution in [0.2, 0.25) is 0 Å². The molecule has 3 aliphatic heterocycles. The zero-order chi connectivity index (χ0) is 38.8. The summed E-state index contributed by atoms with van der Waals surface area (Å²) in [5.41, 5.74) is 7.30. The first-order valence-corrected chi connectivity index (χ1v) is 20.1. The van der Waals surface area contributed by atoms with Gasteiger partial charge in [-0.1, -0.05) is 50.2 Å². The Morgan fingerprint density at radius 1 is 0.696 bits per heavy atom. The lowest BCUT2D eigenvalue weighted by atomic mass is 9.97. The molecule has 4 aromatic carbocycles. The molecule has 0 spiro atoms. The number of amides is 2. The van der Waals surface area contributed by atoms with E-state index in [2.05, 4.69) is 96.6 Å². The summed E-state index contributed by atoms with van der Waals surface area (Å²) in [7, 11) is 0. The van der Waals surface area contributed by atoms with Gasteiger partial charge in [-0.05, 0) is 146 Å². The number of aromatic amines is 2. The van der Waals surface area contributed by atoms with Crippen molar-refractivity contribution in [3.05, 3.63) is 84.4 Å². The van der Waals surface area contributed by atoms with Gasteiger partial charge in [-0.2, -0.15) is 0 Å². The number of likely N-dealkylation sites (tertiary alicyclic amines) is 1.